The molecule has 0 unspecified atom stereocenters. The van der Waals surface area contributed by atoms with Gasteiger partial charge in [-0.05, 0) is 12.5 Å². The number of nitrogens with zero attached hydrogens (tertiary/aromatic N) is 1. The van der Waals surface area contributed by atoms with Crippen molar-refractivity contribution in [3.05, 3.63) is 34.9 Å². The maximum atomic E-state index is 2.34. The van der Waals surface area contributed by atoms with E-state index in [9.17, 15) is 0 Å². The Morgan fingerprint density at radius 3 is 2.69 bits per heavy atom. The normalized spacial score (nSPS) is 19.6. The van der Waals surface area contributed by atoms with Gasteiger partial charge in [0, 0.05) is 12.0 Å². The zero-order chi connectivity index (χ0) is 9.47. The van der Waals surface area contributed by atoms with Crippen molar-refractivity contribution >= 4 is 0 Å². The molecule has 0 bridgehead atoms. The Hall–Kier alpha value is -0.820. The van der Waals surface area contributed by atoms with Crippen LogP contribution >= 0.6 is 0 Å². The summed E-state index contributed by atoms with van der Waals surface area (Å²) in [7, 11) is 4.62. The first-order chi connectivity index (χ1) is 6.07. The van der Waals surface area contributed by atoms with Crippen LogP contribution in [0.3, 0.4) is 0 Å². The summed E-state index contributed by atoms with van der Waals surface area (Å²) < 4.78 is 1.13. The van der Waals surface area contributed by atoms with Crippen molar-refractivity contribution in [2.45, 2.75) is 19.9 Å². The van der Waals surface area contributed by atoms with E-state index in [0.29, 0.717) is 0 Å². The number of hydrogen-bond acceptors (Lipinski definition) is 0. The van der Waals surface area contributed by atoms with E-state index in [0.717, 1.165) is 4.48 Å². The van der Waals surface area contributed by atoms with Gasteiger partial charge in [0.1, 0.15) is 6.54 Å². The molecule has 0 saturated carbocycles. The monoisotopic (exact) mass is 176 g/mol. The van der Waals surface area contributed by atoms with Crippen LogP contribution in [-0.4, -0.2) is 25.1 Å². The minimum atomic E-state index is 1.13. The van der Waals surface area contributed by atoms with Crippen molar-refractivity contribution in [1.82, 2.24) is 0 Å². The van der Waals surface area contributed by atoms with Crippen molar-refractivity contribution in [3.8, 4) is 0 Å². The topological polar surface area (TPSA) is 0 Å². The highest BCUT2D eigenvalue weighted by molar-refractivity contribution is 5.32. The van der Waals surface area contributed by atoms with Crippen LogP contribution in [0.15, 0.2) is 18.2 Å². The first-order valence-corrected chi connectivity index (χ1v) is 4.97. The van der Waals surface area contributed by atoms with Gasteiger partial charge in [-0.25, -0.2) is 0 Å². The molecule has 0 aliphatic carbocycles. The summed E-state index contributed by atoms with van der Waals surface area (Å²) >= 11 is 0. The summed E-state index contributed by atoms with van der Waals surface area (Å²) in [6, 6.07) is 6.86. The molecule has 0 atom stereocenters. The average molecular weight is 176 g/mol. The molecule has 1 nitrogen and oxygen atoms in total. The lowest BCUT2D eigenvalue weighted by atomic mass is 9.97. The van der Waals surface area contributed by atoms with Gasteiger partial charge in [-0.3, -0.25) is 0 Å². The third-order valence-corrected chi connectivity index (χ3v) is 2.95. The highest BCUT2D eigenvalue weighted by Gasteiger charge is 2.23. The predicted molar refractivity (Wildman–Crippen MR) is 55.6 cm³/mol. The Morgan fingerprint density at radius 2 is 1.92 bits per heavy atom. The van der Waals surface area contributed by atoms with Crippen LogP contribution in [-0.2, 0) is 13.0 Å². The van der Waals surface area contributed by atoms with E-state index in [2.05, 4.69) is 39.2 Å². The van der Waals surface area contributed by atoms with Gasteiger partial charge in [-0.2, -0.15) is 0 Å². The summed E-state index contributed by atoms with van der Waals surface area (Å²) in [6.45, 7) is 4.64. The second-order valence-corrected chi connectivity index (χ2v) is 4.84. The summed E-state index contributed by atoms with van der Waals surface area (Å²) in [6.07, 6.45) is 1.24. The molecule has 1 aliphatic heterocycles. The standard InChI is InChI=1S/C12H18N/c1-10-4-5-12-9-13(2,3)7-6-11(12)8-10/h4-5,8H,6-7,9H2,1-3H3/q+1. The number of hydrogen-bond donors (Lipinski definition) is 0. The zero-order valence-electron chi connectivity index (χ0n) is 8.80. The molecule has 1 aliphatic rings. The second-order valence-electron chi connectivity index (χ2n) is 4.84. The van der Waals surface area contributed by atoms with E-state index >= 15 is 0 Å². The van der Waals surface area contributed by atoms with Gasteiger partial charge in [-0.15, -0.1) is 0 Å². The van der Waals surface area contributed by atoms with Gasteiger partial charge >= 0.3 is 0 Å². The van der Waals surface area contributed by atoms with Crippen molar-refractivity contribution in [1.29, 1.82) is 0 Å². The molecule has 0 amide bonds. The van der Waals surface area contributed by atoms with Crippen molar-refractivity contribution in [3.63, 3.8) is 0 Å². The number of aryl methyl sites for hydroxylation is 1. The molecule has 13 heavy (non-hydrogen) atoms. The predicted octanol–water partition coefficient (Wildman–Crippen LogP) is 2.13. The minimum absolute atomic E-state index is 1.13. The second kappa shape index (κ2) is 2.85. The third-order valence-electron chi connectivity index (χ3n) is 2.95. The molecule has 1 heteroatoms. The van der Waals surface area contributed by atoms with Gasteiger partial charge < -0.3 is 4.48 Å². The highest BCUT2D eigenvalue weighted by atomic mass is 15.3. The number of quaternary nitrogens is 1. The van der Waals surface area contributed by atoms with E-state index in [1.165, 1.54) is 25.1 Å². The maximum absolute atomic E-state index is 2.34. The molecule has 0 spiro atoms. The summed E-state index contributed by atoms with van der Waals surface area (Å²) in [5.74, 6) is 0. The number of benzene rings is 1. The van der Waals surface area contributed by atoms with E-state index < -0.39 is 0 Å². The smallest absolute Gasteiger partial charge is 0.104 e. The Labute approximate surface area is 80.6 Å². The van der Waals surface area contributed by atoms with E-state index in [4.69, 9.17) is 0 Å². The van der Waals surface area contributed by atoms with E-state index in [-0.39, 0.29) is 0 Å². The summed E-state index contributed by atoms with van der Waals surface area (Å²) in [4.78, 5) is 0. The molecule has 70 valence electrons. The van der Waals surface area contributed by atoms with E-state index in [1.54, 1.807) is 11.1 Å². The first kappa shape index (κ1) is 8.76. The van der Waals surface area contributed by atoms with Crippen LogP contribution in [0.25, 0.3) is 0 Å². The summed E-state index contributed by atoms with van der Waals surface area (Å²) in [5, 5.41) is 0. The SMILES string of the molecule is Cc1ccc2c(c1)CC[N+](C)(C)C2. The molecule has 0 radical (unpaired) electrons. The average Bonchev–Trinajstić information content (AvgIpc) is 2.05. The van der Waals surface area contributed by atoms with Crippen molar-refractivity contribution in [2.75, 3.05) is 20.6 Å². The quantitative estimate of drug-likeness (QED) is 0.531. The molecular weight excluding hydrogens is 158 g/mol. The van der Waals surface area contributed by atoms with Gasteiger partial charge in [-0.1, -0.05) is 23.8 Å². The van der Waals surface area contributed by atoms with Crippen molar-refractivity contribution < 1.29 is 4.48 Å². The molecule has 0 fully saturated rings. The van der Waals surface area contributed by atoms with Gasteiger partial charge in [0.2, 0.25) is 0 Å². The van der Waals surface area contributed by atoms with Crippen LogP contribution < -0.4 is 0 Å². The third kappa shape index (κ3) is 1.75. The van der Waals surface area contributed by atoms with Crippen LogP contribution in [0.2, 0.25) is 0 Å². The molecule has 1 aromatic rings. The van der Waals surface area contributed by atoms with Gasteiger partial charge in [0.25, 0.3) is 0 Å². The molecule has 2 rings (SSSR count). The maximum Gasteiger partial charge on any atom is 0.104 e. The van der Waals surface area contributed by atoms with Crippen LogP contribution in [0, 0.1) is 6.92 Å². The fraction of sp³-hybridized carbons (Fsp3) is 0.500. The number of likely N-dealkylation sites (N-methyl/N-ethyl adjacent to an activating group) is 1. The van der Waals surface area contributed by atoms with Crippen molar-refractivity contribution in [2.24, 2.45) is 0 Å². The van der Waals surface area contributed by atoms with Gasteiger partial charge in [0.15, 0.2) is 0 Å². The van der Waals surface area contributed by atoms with Crippen LogP contribution in [0.1, 0.15) is 16.7 Å². The Bertz CT molecular complexity index is 326. The molecule has 0 aromatic heterocycles. The Balaban J connectivity index is 2.37. The fourth-order valence-corrected chi connectivity index (χ4v) is 2.10. The number of fused-ring (bicyclic) bond motifs is 1. The molecular formula is C12H18N+. The lowest BCUT2D eigenvalue weighted by molar-refractivity contribution is -0.905. The molecule has 1 aromatic carbocycles. The first-order valence-electron chi connectivity index (χ1n) is 4.97. The highest BCUT2D eigenvalue weighted by Crippen LogP contribution is 2.22. The molecule has 1 heterocycles. The minimum Gasteiger partial charge on any atom is -0.324 e. The van der Waals surface area contributed by atoms with E-state index in [1.807, 2.05) is 0 Å². The lowest BCUT2D eigenvalue weighted by Crippen LogP contribution is -2.43. The molecule has 0 N–H and O–H groups in total. The molecule has 0 saturated heterocycles. The number of rotatable bonds is 0. The Kier molecular flexibility index (Phi) is 1.92. The van der Waals surface area contributed by atoms with Gasteiger partial charge in [0.05, 0.1) is 20.6 Å². The Morgan fingerprint density at radius 1 is 1.15 bits per heavy atom. The largest absolute Gasteiger partial charge is 0.324 e. The zero-order valence-corrected chi connectivity index (χ0v) is 8.80. The summed E-state index contributed by atoms with van der Waals surface area (Å²) in [5.41, 5.74) is 4.50. The fourth-order valence-electron chi connectivity index (χ4n) is 2.10. The van der Waals surface area contributed by atoms with Crippen LogP contribution in [0.4, 0.5) is 0 Å². The van der Waals surface area contributed by atoms with Crippen LogP contribution in [0.5, 0.6) is 0 Å². The lowest BCUT2D eigenvalue weighted by Gasteiger charge is -2.34.